The van der Waals surface area contributed by atoms with Crippen LogP contribution in [0.2, 0.25) is 0 Å². The molecule has 0 unspecified atom stereocenters. The second kappa shape index (κ2) is 6.79. The number of nitrogens with one attached hydrogen (secondary N) is 2. The zero-order valence-electron chi connectivity index (χ0n) is 14.8. The Morgan fingerprint density at radius 1 is 1.11 bits per heavy atom. The Balaban J connectivity index is 1.39. The number of rotatable bonds is 3. The van der Waals surface area contributed by atoms with Gasteiger partial charge in [-0.1, -0.05) is 30.3 Å². The average Bonchev–Trinajstić information content (AvgIpc) is 3.07. The molecule has 6 heteroatoms. The molecule has 136 valence electrons. The van der Waals surface area contributed by atoms with Crippen LogP contribution >= 0.6 is 11.3 Å². The molecule has 3 aromatic rings. The number of fused-ring (bicyclic) bond motifs is 3. The molecule has 2 N–H and O–H groups in total. The van der Waals surface area contributed by atoms with Crippen molar-refractivity contribution in [2.75, 3.05) is 11.9 Å². The summed E-state index contributed by atoms with van der Waals surface area (Å²) in [5.74, 6) is 0.0274. The highest BCUT2D eigenvalue weighted by Crippen LogP contribution is 2.40. The number of amides is 1. The first kappa shape index (κ1) is 16.5. The molecule has 0 spiro atoms. The molecule has 1 aromatic carbocycles. The smallest absolute Gasteiger partial charge is 0.256 e. The molecule has 0 saturated carbocycles. The molecule has 2 aromatic heterocycles. The third-order valence-electron chi connectivity index (χ3n) is 5.20. The van der Waals surface area contributed by atoms with Gasteiger partial charge < -0.3 is 10.6 Å². The van der Waals surface area contributed by atoms with Crippen molar-refractivity contribution in [3.63, 3.8) is 0 Å². The van der Waals surface area contributed by atoms with Gasteiger partial charge in [0.25, 0.3) is 5.91 Å². The number of hydrogen-bond acceptors (Lipinski definition) is 5. The predicted octanol–water partition coefficient (Wildman–Crippen LogP) is 3.56. The van der Waals surface area contributed by atoms with E-state index in [4.69, 9.17) is 0 Å². The van der Waals surface area contributed by atoms with Gasteiger partial charge in [0.2, 0.25) is 0 Å². The highest BCUT2D eigenvalue weighted by molar-refractivity contribution is 7.16. The number of hydrogen-bond donors (Lipinski definition) is 2. The van der Waals surface area contributed by atoms with Crippen molar-refractivity contribution in [1.29, 1.82) is 0 Å². The second-order valence-electron chi connectivity index (χ2n) is 6.99. The van der Waals surface area contributed by atoms with E-state index in [2.05, 4.69) is 50.8 Å². The van der Waals surface area contributed by atoms with Gasteiger partial charge in [-0.25, -0.2) is 0 Å². The summed E-state index contributed by atoms with van der Waals surface area (Å²) in [5.41, 5.74) is 4.41. The first-order chi connectivity index (χ1) is 13.3. The van der Waals surface area contributed by atoms with Gasteiger partial charge in [-0.05, 0) is 35.2 Å². The third kappa shape index (κ3) is 3.11. The van der Waals surface area contributed by atoms with Crippen LogP contribution in [-0.4, -0.2) is 22.3 Å². The summed E-state index contributed by atoms with van der Waals surface area (Å²) in [7, 11) is 0. The topological polar surface area (TPSA) is 57.3 Å². The van der Waals surface area contributed by atoms with Gasteiger partial charge in [0.15, 0.2) is 0 Å². The van der Waals surface area contributed by atoms with Crippen molar-refractivity contribution in [2.45, 2.75) is 25.7 Å². The molecule has 0 saturated heterocycles. The highest BCUT2D eigenvalue weighted by atomic mass is 32.1. The Bertz CT molecular complexity index is 971. The first-order valence-electron chi connectivity index (χ1n) is 9.16. The fourth-order valence-corrected chi connectivity index (χ4v) is 5.18. The van der Waals surface area contributed by atoms with Crippen molar-refractivity contribution in [1.82, 2.24) is 15.2 Å². The van der Waals surface area contributed by atoms with Crippen LogP contribution < -0.4 is 10.6 Å². The lowest BCUT2D eigenvalue weighted by Crippen LogP contribution is -2.38. The summed E-state index contributed by atoms with van der Waals surface area (Å²) in [6.45, 7) is 2.82. The maximum atomic E-state index is 12.8. The summed E-state index contributed by atoms with van der Waals surface area (Å²) in [5, 5.41) is 7.59. The van der Waals surface area contributed by atoms with Crippen LogP contribution in [0.4, 0.5) is 5.00 Å². The lowest BCUT2D eigenvalue weighted by molar-refractivity contribution is 0.0934. The number of nitrogens with zero attached hydrogens (tertiary/aromatic N) is 2. The zero-order chi connectivity index (χ0) is 18.2. The standard InChI is InChI=1S/C21H20N4OS/c26-20-18-16-8-11-25(12-14-4-2-1-3-5-14)13-17(16)27-21(18)24-19(23-20)15-6-9-22-10-7-15/h1-7,9-10,19,24H,8,11-13H2,(H,23,26)/t19-/m1/s1. The van der Waals surface area contributed by atoms with E-state index in [1.807, 2.05) is 12.1 Å². The average molecular weight is 376 g/mol. The largest absolute Gasteiger partial charge is 0.353 e. The van der Waals surface area contributed by atoms with E-state index in [9.17, 15) is 4.79 Å². The second-order valence-corrected chi connectivity index (χ2v) is 8.09. The fourth-order valence-electron chi connectivity index (χ4n) is 3.87. The van der Waals surface area contributed by atoms with Gasteiger partial charge >= 0.3 is 0 Å². The lowest BCUT2D eigenvalue weighted by atomic mass is 10.00. The van der Waals surface area contributed by atoms with E-state index in [0.29, 0.717) is 0 Å². The first-order valence-corrected chi connectivity index (χ1v) is 9.98. The van der Waals surface area contributed by atoms with E-state index in [1.54, 1.807) is 23.7 Å². The summed E-state index contributed by atoms with van der Waals surface area (Å²) < 4.78 is 0. The molecule has 27 heavy (non-hydrogen) atoms. The van der Waals surface area contributed by atoms with Gasteiger partial charge in [0.05, 0.1) is 5.56 Å². The van der Waals surface area contributed by atoms with Crippen LogP contribution in [0.5, 0.6) is 0 Å². The summed E-state index contributed by atoms with van der Waals surface area (Å²) in [6, 6.07) is 14.4. The molecular weight excluding hydrogens is 356 g/mol. The molecule has 5 rings (SSSR count). The summed E-state index contributed by atoms with van der Waals surface area (Å²) in [4.78, 5) is 20.6. The molecule has 2 aliphatic rings. The van der Waals surface area contributed by atoms with Gasteiger partial charge in [0, 0.05) is 36.9 Å². The highest BCUT2D eigenvalue weighted by Gasteiger charge is 2.33. The maximum Gasteiger partial charge on any atom is 0.256 e. The minimum Gasteiger partial charge on any atom is -0.353 e. The number of benzene rings is 1. The Morgan fingerprint density at radius 3 is 2.74 bits per heavy atom. The molecular formula is C21H20N4OS. The molecule has 0 radical (unpaired) electrons. The normalized spacial score (nSPS) is 19.0. The van der Waals surface area contributed by atoms with E-state index < -0.39 is 0 Å². The molecule has 4 heterocycles. The van der Waals surface area contributed by atoms with Crippen molar-refractivity contribution in [2.24, 2.45) is 0 Å². The Labute approximate surface area is 162 Å². The van der Waals surface area contributed by atoms with E-state index in [0.717, 1.165) is 42.2 Å². The minimum absolute atomic E-state index is 0.0274. The zero-order valence-corrected chi connectivity index (χ0v) is 15.6. The van der Waals surface area contributed by atoms with E-state index in [1.165, 1.54) is 16.0 Å². The minimum atomic E-state index is -0.200. The Morgan fingerprint density at radius 2 is 1.93 bits per heavy atom. The molecule has 5 nitrogen and oxygen atoms in total. The molecule has 2 aliphatic heterocycles. The van der Waals surface area contributed by atoms with Crippen LogP contribution in [0.3, 0.4) is 0 Å². The number of aromatic nitrogens is 1. The van der Waals surface area contributed by atoms with Crippen LogP contribution in [-0.2, 0) is 19.5 Å². The molecule has 0 aliphatic carbocycles. The number of thiophene rings is 1. The Hall–Kier alpha value is -2.70. The molecule has 1 amide bonds. The van der Waals surface area contributed by atoms with Gasteiger partial charge in [-0.2, -0.15) is 0 Å². The van der Waals surface area contributed by atoms with E-state index >= 15 is 0 Å². The van der Waals surface area contributed by atoms with Crippen LogP contribution in [0.1, 0.15) is 38.1 Å². The maximum absolute atomic E-state index is 12.8. The van der Waals surface area contributed by atoms with Gasteiger partial charge in [0.1, 0.15) is 11.2 Å². The number of pyridine rings is 1. The monoisotopic (exact) mass is 376 g/mol. The van der Waals surface area contributed by atoms with Crippen molar-refractivity contribution in [3.05, 3.63) is 82.0 Å². The van der Waals surface area contributed by atoms with Crippen molar-refractivity contribution >= 4 is 22.2 Å². The van der Waals surface area contributed by atoms with Crippen molar-refractivity contribution < 1.29 is 4.79 Å². The SMILES string of the molecule is O=C1N[C@@H](c2ccncc2)Nc2sc3c(c21)CCN(Cc1ccccc1)C3. The molecule has 0 fully saturated rings. The molecule has 0 bridgehead atoms. The lowest BCUT2D eigenvalue weighted by Gasteiger charge is -2.28. The quantitative estimate of drug-likeness (QED) is 0.734. The van der Waals surface area contributed by atoms with Crippen LogP contribution in [0.15, 0.2) is 54.9 Å². The predicted molar refractivity (Wildman–Crippen MR) is 107 cm³/mol. The number of carbonyl (C=O) groups excluding carboxylic acids is 1. The van der Waals surface area contributed by atoms with Crippen LogP contribution in [0, 0.1) is 0 Å². The molecule has 1 atom stereocenters. The third-order valence-corrected chi connectivity index (χ3v) is 6.35. The van der Waals surface area contributed by atoms with Gasteiger partial charge in [-0.15, -0.1) is 11.3 Å². The van der Waals surface area contributed by atoms with Crippen molar-refractivity contribution in [3.8, 4) is 0 Å². The fraction of sp³-hybridized carbons (Fsp3) is 0.238. The van der Waals surface area contributed by atoms with Gasteiger partial charge in [-0.3, -0.25) is 14.7 Å². The number of anilines is 1. The van der Waals surface area contributed by atoms with E-state index in [-0.39, 0.29) is 12.1 Å². The summed E-state index contributed by atoms with van der Waals surface area (Å²) >= 11 is 1.73. The van der Waals surface area contributed by atoms with Crippen LogP contribution in [0.25, 0.3) is 0 Å². The Kier molecular flexibility index (Phi) is 4.14. The number of carbonyl (C=O) groups is 1. The summed E-state index contributed by atoms with van der Waals surface area (Å²) in [6.07, 6.45) is 4.22.